The van der Waals surface area contributed by atoms with E-state index in [1.54, 1.807) is 6.20 Å². The van der Waals surface area contributed by atoms with Gasteiger partial charge in [0, 0.05) is 50.6 Å². The highest BCUT2D eigenvalue weighted by Gasteiger charge is 2.15. The average molecular weight is 368 g/mol. The Labute approximate surface area is 161 Å². The molecule has 0 saturated carbocycles. The van der Waals surface area contributed by atoms with Crippen molar-refractivity contribution in [2.75, 3.05) is 61.4 Å². The summed E-state index contributed by atoms with van der Waals surface area (Å²) in [6.07, 6.45) is 6.68. The highest BCUT2D eigenvalue weighted by molar-refractivity contribution is 5.61. The Bertz CT molecular complexity index is 717. The predicted molar refractivity (Wildman–Crippen MR) is 110 cm³/mol. The molecular formula is C20H29N7. The summed E-state index contributed by atoms with van der Waals surface area (Å²) in [6, 6.07) is 8.58. The van der Waals surface area contributed by atoms with Crippen molar-refractivity contribution in [1.82, 2.24) is 20.1 Å². The first-order valence-corrected chi connectivity index (χ1v) is 10.0. The van der Waals surface area contributed by atoms with Gasteiger partial charge in [-0.2, -0.15) is 10.1 Å². The average Bonchev–Trinajstić information content (AvgIpc) is 2.99. The molecule has 0 radical (unpaired) electrons. The second-order valence-corrected chi connectivity index (χ2v) is 7.51. The maximum absolute atomic E-state index is 4.68. The fourth-order valence-electron chi connectivity index (χ4n) is 3.73. The van der Waals surface area contributed by atoms with Gasteiger partial charge in [0.05, 0.1) is 6.20 Å². The van der Waals surface area contributed by atoms with E-state index in [0.717, 1.165) is 56.7 Å². The van der Waals surface area contributed by atoms with Gasteiger partial charge in [-0.3, -0.25) is 0 Å². The summed E-state index contributed by atoms with van der Waals surface area (Å²) >= 11 is 0. The fourth-order valence-corrected chi connectivity index (χ4v) is 3.73. The highest BCUT2D eigenvalue weighted by Crippen LogP contribution is 2.22. The van der Waals surface area contributed by atoms with Crippen LogP contribution in [0.25, 0.3) is 0 Å². The van der Waals surface area contributed by atoms with Crippen molar-refractivity contribution < 1.29 is 0 Å². The topological polar surface area (TPSA) is 60.4 Å². The van der Waals surface area contributed by atoms with Gasteiger partial charge >= 0.3 is 0 Å². The molecule has 0 spiro atoms. The maximum atomic E-state index is 4.68. The summed E-state index contributed by atoms with van der Waals surface area (Å²) in [5.41, 5.74) is 2.30. The first-order chi connectivity index (χ1) is 13.3. The number of anilines is 4. The lowest BCUT2D eigenvalue weighted by atomic mass is 10.2. The third-order valence-electron chi connectivity index (χ3n) is 5.44. The van der Waals surface area contributed by atoms with Crippen molar-refractivity contribution >= 4 is 23.1 Å². The third kappa shape index (κ3) is 4.66. The SMILES string of the molecule is CN1CCN(c2ccc(Nc3cnnc(N4CCCCCC4)n3)cc2)CC1. The van der Waals surface area contributed by atoms with Crippen molar-refractivity contribution in [3.05, 3.63) is 30.5 Å². The number of aromatic nitrogens is 3. The second-order valence-electron chi connectivity index (χ2n) is 7.51. The lowest BCUT2D eigenvalue weighted by Gasteiger charge is -2.34. The normalized spacial score (nSPS) is 19.0. The third-order valence-corrected chi connectivity index (χ3v) is 5.44. The fraction of sp³-hybridized carbons (Fsp3) is 0.550. The van der Waals surface area contributed by atoms with Crippen molar-refractivity contribution in [3.63, 3.8) is 0 Å². The van der Waals surface area contributed by atoms with E-state index in [9.17, 15) is 0 Å². The van der Waals surface area contributed by atoms with Gasteiger partial charge in [0.2, 0.25) is 5.95 Å². The monoisotopic (exact) mass is 367 g/mol. The van der Waals surface area contributed by atoms with E-state index >= 15 is 0 Å². The van der Waals surface area contributed by atoms with Crippen LogP contribution in [0.5, 0.6) is 0 Å². The molecule has 1 aromatic carbocycles. The molecule has 1 aromatic heterocycles. The summed E-state index contributed by atoms with van der Waals surface area (Å²) in [4.78, 5) is 11.7. The largest absolute Gasteiger partial charge is 0.369 e. The summed E-state index contributed by atoms with van der Waals surface area (Å²) in [5, 5.41) is 11.8. The molecule has 0 aliphatic carbocycles. The van der Waals surface area contributed by atoms with Crippen LogP contribution in [0.1, 0.15) is 25.7 Å². The Morgan fingerprint density at radius 3 is 2.22 bits per heavy atom. The van der Waals surface area contributed by atoms with Crippen LogP contribution in [0.15, 0.2) is 30.5 Å². The molecule has 144 valence electrons. The first kappa shape index (κ1) is 18.0. The quantitative estimate of drug-likeness (QED) is 0.891. The predicted octanol–water partition coefficient (Wildman–Crippen LogP) is 2.75. The molecule has 0 amide bonds. The molecule has 1 N–H and O–H groups in total. The zero-order valence-corrected chi connectivity index (χ0v) is 16.1. The van der Waals surface area contributed by atoms with Crippen LogP contribution in [-0.2, 0) is 0 Å². The zero-order valence-electron chi connectivity index (χ0n) is 16.1. The van der Waals surface area contributed by atoms with Crippen molar-refractivity contribution in [2.45, 2.75) is 25.7 Å². The minimum absolute atomic E-state index is 0.732. The van der Waals surface area contributed by atoms with Crippen LogP contribution in [-0.4, -0.2) is 66.4 Å². The van der Waals surface area contributed by atoms with E-state index in [4.69, 9.17) is 0 Å². The number of rotatable bonds is 4. The molecule has 27 heavy (non-hydrogen) atoms. The molecule has 7 nitrogen and oxygen atoms in total. The van der Waals surface area contributed by atoms with E-state index in [2.05, 4.69) is 66.5 Å². The summed E-state index contributed by atoms with van der Waals surface area (Å²) in [5.74, 6) is 1.48. The molecule has 2 aromatic rings. The van der Waals surface area contributed by atoms with Crippen LogP contribution in [0.4, 0.5) is 23.1 Å². The molecule has 0 bridgehead atoms. The molecule has 2 aliphatic rings. The Balaban J connectivity index is 1.41. The number of hydrogen-bond acceptors (Lipinski definition) is 7. The minimum atomic E-state index is 0.732. The Kier molecular flexibility index (Phi) is 5.67. The Morgan fingerprint density at radius 2 is 1.52 bits per heavy atom. The van der Waals surface area contributed by atoms with Gasteiger partial charge in [0.1, 0.15) is 0 Å². The number of nitrogens with one attached hydrogen (secondary N) is 1. The van der Waals surface area contributed by atoms with Crippen LogP contribution in [0, 0.1) is 0 Å². The summed E-state index contributed by atoms with van der Waals surface area (Å²) in [7, 11) is 2.18. The van der Waals surface area contributed by atoms with Gasteiger partial charge in [-0.25, -0.2) is 0 Å². The molecule has 4 rings (SSSR count). The van der Waals surface area contributed by atoms with Gasteiger partial charge in [-0.1, -0.05) is 12.8 Å². The van der Waals surface area contributed by atoms with Crippen LogP contribution in [0.3, 0.4) is 0 Å². The summed E-state index contributed by atoms with van der Waals surface area (Å²) in [6.45, 7) is 6.43. The molecule has 2 saturated heterocycles. The molecule has 2 fully saturated rings. The maximum Gasteiger partial charge on any atom is 0.247 e. The van der Waals surface area contributed by atoms with Crippen molar-refractivity contribution in [3.8, 4) is 0 Å². The lowest BCUT2D eigenvalue weighted by Crippen LogP contribution is -2.44. The molecule has 0 unspecified atom stereocenters. The number of hydrogen-bond donors (Lipinski definition) is 1. The van der Waals surface area contributed by atoms with Crippen molar-refractivity contribution in [2.24, 2.45) is 0 Å². The van der Waals surface area contributed by atoms with Crippen LogP contribution in [0.2, 0.25) is 0 Å². The zero-order chi connectivity index (χ0) is 18.5. The van der Waals surface area contributed by atoms with Gasteiger partial charge < -0.3 is 20.0 Å². The number of piperazine rings is 1. The Morgan fingerprint density at radius 1 is 0.815 bits per heavy atom. The van der Waals surface area contributed by atoms with Gasteiger partial charge in [0.25, 0.3) is 0 Å². The summed E-state index contributed by atoms with van der Waals surface area (Å²) < 4.78 is 0. The number of benzene rings is 1. The van der Waals surface area contributed by atoms with E-state index in [0.29, 0.717) is 0 Å². The lowest BCUT2D eigenvalue weighted by molar-refractivity contribution is 0.313. The standard InChI is InChI=1S/C20H29N7/c1-25-12-14-26(15-13-25)18-8-6-17(7-9-18)22-19-16-21-24-20(23-19)27-10-4-2-3-5-11-27/h6-9,16H,2-5,10-15H2,1H3,(H,22,23,24). The van der Waals surface area contributed by atoms with E-state index in [1.165, 1.54) is 31.4 Å². The first-order valence-electron chi connectivity index (χ1n) is 10.0. The van der Waals surface area contributed by atoms with Gasteiger partial charge in [0.15, 0.2) is 5.82 Å². The van der Waals surface area contributed by atoms with Crippen LogP contribution < -0.4 is 15.1 Å². The Hall–Kier alpha value is -2.41. The number of nitrogens with zero attached hydrogens (tertiary/aromatic N) is 6. The smallest absolute Gasteiger partial charge is 0.247 e. The molecule has 2 aliphatic heterocycles. The second kappa shape index (κ2) is 8.52. The molecule has 3 heterocycles. The van der Waals surface area contributed by atoms with Crippen LogP contribution >= 0.6 is 0 Å². The van der Waals surface area contributed by atoms with Gasteiger partial charge in [-0.05, 0) is 44.2 Å². The molecular weight excluding hydrogens is 338 g/mol. The highest BCUT2D eigenvalue weighted by atomic mass is 15.3. The van der Waals surface area contributed by atoms with Crippen molar-refractivity contribution in [1.29, 1.82) is 0 Å². The molecule has 7 heteroatoms. The van der Waals surface area contributed by atoms with E-state index in [1.807, 2.05) is 0 Å². The van der Waals surface area contributed by atoms with E-state index in [-0.39, 0.29) is 0 Å². The number of likely N-dealkylation sites (N-methyl/N-ethyl adjacent to an activating group) is 1. The minimum Gasteiger partial charge on any atom is -0.369 e. The van der Waals surface area contributed by atoms with Gasteiger partial charge in [-0.15, -0.1) is 5.10 Å². The molecule has 0 atom stereocenters. The van der Waals surface area contributed by atoms with E-state index < -0.39 is 0 Å².